The number of hydrogen-bond acceptors (Lipinski definition) is 1. The van der Waals surface area contributed by atoms with Crippen molar-refractivity contribution in [1.82, 2.24) is 0 Å². The Morgan fingerprint density at radius 1 is 0.692 bits per heavy atom. The van der Waals surface area contributed by atoms with Gasteiger partial charge in [0.05, 0.1) is 0 Å². The van der Waals surface area contributed by atoms with Crippen molar-refractivity contribution < 1.29 is 4.43 Å². The molecule has 0 unspecified atom stereocenters. The standard InChI is InChI=1S/C24H36OSi/c1-5-6-7-8-9-16-21-25-26(24(2,3)4,22-17-12-10-13-18-22)23-19-14-11-15-20-23/h10-15,17-20H,5-9,16,21H2,1-4H3. The van der Waals surface area contributed by atoms with Crippen LogP contribution in [-0.4, -0.2) is 14.9 Å². The van der Waals surface area contributed by atoms with E-state index in [9.17, 15) is 0 Å². The van der Waals surface area contributed by atoms with Gasteiger partial charge in [-0.05, 0) is 21.8 Å². The second-order valence-electron chi connectivity index (χ2n) is 8.28. The van der Waals surface area contributed by atoms with Crippen LogP contribution in [0.5, 0.6) is 0 Å². The van der Waals surface area contributed by atoms with E-state index in [4.69, 9.17) is 4.43 Å². The molecule has 0 heterocycles. The molecule has 0 aliphatic heterocycles. The molecule has 2 heteroatoms. The van der Waals surface area contributed by atoms with Crippen LogP contribution in [0.15, 0.2) is 60.7 Å². The second kappa shape index (κ2) is 10.1. The summed E-state index contributed by atoms with van der Waals surface area (Å²) in [6.45, 7) is 10.2. The van der Waals surface area contributed by atoms with Crippen LogP contribution in [0.1, 0.15) is 66.2 Å². The fraction of sp³-hybridized carbons (Fsp3) is 0.500. The molecular formula is C24H36OSi. The van der Waals surface area contributed by atoms with Gasteiger partial charge in [-0.3, -0.25) is 0 Å². The van der Waals surface area contributed by atoms with Gasteiger partial charge < -0.3 is 4.43 Å². The lowest BCUT2D eigenvalue weighted by molar-refractivity contribution is 0.286. The summed E-state index contributed by atoms with van der Waals surface area (Å²) in [5.74, 6) is 0. The topological polar surface area (TPSA) is 9.23 Å². The number of benzene rings is 2. The van der Waals surface area contributed by atoms with Crippen molar-refractivity contribution >= 4 is 18.7 Å². The molecule has 0 aromatic heterocycles. The molecule has 0 aliphatic carbocycles. The molecule has 0 amide bonds. The van der Waals surface area contributed by atoms with E-state index in [1.165, 1.54) is 42.5 Å². The number of unbranched alkanes of at least 4 members (excludes halogenated alkanes) is 5. The van der Waals surface area contributed by atoms with Crippen molar-refractivity contribution in [2.75, 3.05) is 6.61 Å². The van der Waals surface area contributed by atoms with Crippen LogP contribution in [0.4, 0.5) is 0 Å². The third-order valence-corrected chi connectivity index (χ3v) is 10.3. The van der Waals surface area contributed by atoms with E-state index in [0.717, 1.165) is 13.0 Å². The lowest BCUT2D eigenvalue weighted by Gasteiger charge is -2.43. The zero-order chi connectivity index (χ0) is 18.9. The van der Waals surface area contributed by atoms with Crippen molar-refractivity contribution in [2.45, 2.75) is 71.3 Å². The summed E-state index contributed by atoms with van der Waals surface area (Å²) in [6.07, 6.45) is 7.79. The average molecular weight is 369 g/mol. The van der Waals surface area contributed by atoms with E-state index in [1.807, 2.05) is 0 Å². The minimum Gasteiger partial charge on any atom is -0.407 e. The number of rotatable bonds is 10. The highest BCUT2D eigenvalue weighted by Crippen LogP contribution is 2.36. The molecule has 26 heavy (non-hydrogen) atoms. The molecule has 0 bridgehead atoms. The number of hydrogen-bond donors (Lipinski definition) is 0. The molecule has 2 rings (SSSR count). The van der Waals surface area contributed by atoms with Gasteiger partial charge in [0.2, 0.25) is 0 Å². The predicted octanol–water partition coefficient (Wildman–Crippen LogP) is 5.92. The fourth-order valence-electron chi connectivity index (χ4n) is 3.87. The molecule has 0 spiro atoms. The van der Waals surface area contributed by atoms with Crippen molar-refractivity contribution in [3.05, 3.63) is 60.7 Å². The van der Waals surface area contributed by atoms with Crippen molar-refractivity contribution in [2.24, 2.45) is 0 Å². The van der Waals surface area contributed by atoms with Crippen LogP contribution in [0, 0.1) is 0 Å². The largest absolute Gasteiger partial charge is 0.407 e. The first-order valence-corrected chi connectivity index (χ1v) is 12.2. The SMILES string of the molecule is CCCCCCCCO[Si](c1ccccc1)(c1ccccc1)C(C)(C)C. The quantitative estimate of drug-likeness (QED) is 0.373. The Kier molecular flexibility index (Phi) is 8.11. The Morgan fingerprint density at radius 3 is 1.62 bits per heavy atom. The van der Waals surface area contributed by atoms with Gasteiger partial charge in [-0.15, -0.1) is 0 Å². The minimum atomic E-state index is -2.32. The van der Waals surface area contributed by atoms with Gasteiger partial charge in [0.15, 0.2) is 0 Å². The molecular weight excluding hydrogens is 332 g/mol. The van der Waals surface area contributed by atoms with Gasteiger partial charge in [0, 0.05) is 6.61 Å². The molecule has 1 nitrogen and oxygen atoms in total. The lowest BCUT2D eigenvalue weighted by Crippen LogP contribution is -2.66. The molecule has 0 saturated heterocycles. The highest BCUT2D eigenvalue weighted by atomic mass is 28.4. The zero-order valence-electron chi connectivity index (χ0n) is 17.1. The van der Waals surface area contributed by atoms with Gasteiger partial charge in [-0.1, -0.05) is 120 Å². The van der Waals surface area contributed by atoms with Crippen LogP contribution in [0.25, 0.3) is 0 Å². The molecule has 142 valence electrons. The Morgan fingerprint density at radius 2 is 1.15 bits per heavy atom. The van der Waals surface area contributed by atoms with Gasteiger partial charge in [-0.2, -0.15) is 0 Å². The maximum Gasteiger partial charge on any atom is 0.261 e. The normalized spacial score (nSPS) is 12.3. The smallest absolute Gasteiger partial charge is 0.261 e. The maximum atomic E-state index is 6.91. The molecule has 0 atom stereocenters. The Bertz CT molecular complexity index is 576. The first-order chi connectivity index (χ1) is 12.5. The van der Waals surface area contributed by atoms with E-state index in [-0.39, 0.29) is 5.04 Å². The Labute approximate surface area is 161 Å². The van der Waals surface area contributed by atoms with E-state index in [2.05, 4.69) is 88.4 Å². The summed E-state index contributed by atoms with van der Waals surface area (Å²) >= 11 is 0. The van der Waals surface area contributed by atoms with Crippen LogP contribution in [-0.2, 0) is 4.43 Å². The summed E-state index contributed by atoms with van der Waals surface area (Å²) in [5, 5.41) is 2.84. The zero-order valence-corrected chi connectivity index (χ0v) is 18.1. The molecule has 0 N–H and O–H groups in total. The highest BCUT2D eigenvalue weighted by Gasteiger charge is 2.49. The van der Waals surface area contributed by atoms with Gasteiger partial charge in [-0.25, -0.2) is 0 Å². The van der Waals surface area contributed by atoms with Crippen molar-refractivity contribution in [1.29, 1.82) is 0 Å². The molecule has 2 aromatic carbocycles. The van der Waals surface area contributed by atoms with Crippen LogP contribution in [0.3, 0.4) is 0 Å². The summed E-state index contributed by atoms with van der Waals surface area (Å²) in [6, 6.07) is 21.9. The summed E-state index contributed by atoms with van der Waals surface area (Å²) in [7, 11) is -2.32. The second-order valence-corrected chi connectivity index (χ2v) is 12.6. The summed E-state index contributed by atoms with van der Waals surface area (Å²) < 4.78 is 6.91. The third-order valence-electron chi connectivity index (χ3n) is 5.23. The predicted molar refractivity (Wildman–Crippen MR) is 117 cm³/mol. The lowest BCUT2D eigenvalue weighted by atomic mass is 10.1. The fourth-order valence-corrected chi connectivity index (χ4v) is 8.48. The van der Waals surface area contributed by atoms with Crippen LogP contribution in [0.2, 0.25) is 5.04 Å². The van der Waals surface area contributed by atoms with Crippen molar-refractivity contribution in [3.8, 4) is 0 Å². The molecule has 0 saturated carbocycles. The average Bonchev–Trinajstić information content (AvgIpc) is 2.64. The maximum absolute atomic E-state index is 6.91. The molecule has 0 fully saturated rings. The molecule has 2 aromatic rings. The first kappa shape index (κ1) is 20.9. The summed E-state index contributed by atoms with van der Waals surface area (Å²) in [4.78, 5) is 0. The molecule has 0 radical (unpaired) electrons. The third kappa shape index (κ3) is 5.08. The van der Waals surface area contributed by atoms with E-state index >= 15 is 0 Å². The van der Waals surface area contributed by atoms with Gasteiger partial charge in [0.25, 0.3) is 8.32 Å². The Hall–Kier alpha value is -1.38. The van der Waals surface area contributed by atoms with Gasteiger partial charge >= 0.3 is 0 Å². The van der Waals surface area contributed by atoms with Gasteiger partial charge in [0.1, 0.15) is 0 Å². The summed E-state index contributed by atoms with van der Waals surface area (Å²) in [5.41, 5.74) is 0. The minimum absolute atomic E-state index is 0.0813. The van der Waals surface area contributed by atoms with E-state index < -0.39 is 8.32 Å². The van der Waals surface area contributed by atoms with E-state index in [1.54, 1.807) is 0 Å². The Balaban J connectivity index is 2.24. The molecule has 0 aliphatic rings. The highest BCUT2D eigenvalue weighted by molar-refractivity contribution is 6.99. The monoisotopic (exact) mass is 368 g/mol. The van der Waals surface area contributed by atoms with Crippen LogP contribution < -0.4 is 10.4 Å². The first-order valence-electron chi connectivity index (χ1n) is 10.3. The van der Waals surface area contributed by atoms with E-state index in [0.29, 0.717) is 0 Å². The van der Waals surface area contributed by atoms with Crippen LogP contribution >= 0.6 is 0 Å². The van der Waals surface area contributed by atoms with Crippen molar-refractivity contribution in [3.63, 3.8) is 0 Å².